The Morgan fingerprint density at radius 2 is 0.862 bits per heavy atom. The molecule has 0 aliphatic heterocycles. The standard InChI is InChI=1S/C25H25BP2S/c26-27(22-13-5-1-6-14-22,23-15-7-2-8-16-23)21-28(29,24-17-9-3-10-18-24)25-19-11-4-12-20-25/h1-20H,21H2,26H3. The van der Waals surface area contributed by atoms with Crippen LogP contribution in [0, 0.1) is 0 Å². The molecule has 144 valence electrons. The van der Waals surface area contributed by atoms with Gasteiger partial charge in [-0.15, -0.1) is 0 Å². The first kappa shape index (κ1) is 20.3. The lowest BCUT2D eigenvalue weighted by Gasteiger charge is -2.36. The predicted molar refractivity (Wildman–Crippen MR) is 140 cm³/mol. The van der Waals surface area contributed by atoms with Gasteiger partial charge in [-0.1, -0.05) is 116 Å². The number of hydrogen-bond acceptors (Lipinski definition) is 1. The van der Waals surface area contributed by atoms with Gasteiger partial charge in [0.25, 0.3) is 0 Å². The maximum Gasteiger partial charge on any atom is 0.138 e. The third kappa shape index (κ3) is 4.17. The van der Waals surface area contributed by atoms with Gasteiger partial charge in [-0.25, -0.2) is 0 Å². The molecule has 0 aliphatic carbocycles. The monoisotopic (exact) mass is 430 g/mol. The molecule has 0 amide bonds. The lowest BCUT2D eigenvalue weighted by Crippen LogP contribution is -2.29. The molecule has 0 saturated heterocycles. The van der Waals surface area contributed by atoms with E-state index in [1.54, 1.807) is 0 Å². The van der Waals surface area contributed by atoms with Crippen LogP contribution in [0.5, 0.6) is 0 Å². The molecule has 4 aromatic rings. The van der Waals surface area contributed by atoms with Crippen LogP contribution in [0.25, 0.3) is 0 Å². The van der Waals surface area contributed by atoms with Crippen molar-refractivity contribution < 1.29 is 0 Å². The summed E-state index contributed by atoms with van der Waals surface area (Å²) in [6.07, 6.45) is 0. The van der Waals surface area contributed by atoms with E-state index in [1.165, 1.54) is 21.2 Å². The van der Waals surface area contributed by atoms with Crippen LogP contribution in [-0.2, 0) is 11.8 Å². The molecule has 0 atom stereocenters. The summed E-state index contributed by atoms with van der Waals surface area (Å²) in [5.74, 6) is 1.12. The van der Waals surface area contributed by atoms with Gasteiger partial charge in [-0.2, -0.15) is 0 Å². The third-order valence-electron chi connectivity index (χ3n) is 4.82. The highest BCUT2D eigenvalue weighted by atomic mass is 32.4. The summed E-state index contributed by atoms with van der Waals surface area (Å²) in [6, 6.07) is 42.3. The Hall–Kier alpha value is -1.98. The van der Waals surface area contributed by atoms with Gasteiger partial charge in [0.1, 0.15) is 7.57 Å². The van der Waals surface area contributed by atoms with Crippen molar-refractivity contribution in [2.45, 2.75) is 0 Å². The fourth-order valence-electron chi connectivity index (χ4n) is 3.38. The molecule has 29 heavy (non-hydrogen) atoms. The quantitative estimate of drug-likeness (QED) is 0.329. The largest absolute Gasteiger partial charge is 0.138 e. The Morgan fingerprint density at radius 1 is 0.552 bits per heavy atom. The zero-order valence-electron chi connectivity index (χ0n) is 15.6. The van der Waals surface area contributed by atoms with Gasteiger partial charge in [0.05, 0.1) is 16.5 Å². The minimum atomic E-state index is -1.93. The molecule has 4 rings (SSSR count). The van der Waals surface area contributed by atoms with E-state index < -0.39 is 13.2 Å². The van der Waals surface area contributed by atoms with Crippen molar-refractivity contribution in [3.63, 3.8) is 0 Å². The third-order valence-corrected chi connectivity index (χ3v) is 14.0. The molecule has 0 unspecified atom stereocenters. The summed E-state index contributed by atoms with van der Waals surface area (Å²) in [7, 11) is -1.42. The fraction of sp³-hybridized carbons (Fsp3) is 0.0400. The van der Waals surface area contributed by atoms with E-state index in [-0.39, 0.29) is 7.57 Å². The van der Waals surface area contributed by atoms with Gasteiger partial charge in [0.15, 0.2) is 0 Å². The molecular formula is C25H25BP2S. The van der Waals surface area contributed by atoms with E-state index in [2.05, 4.69) is 121 Å². The van der Waals surface area contributed by atoms with E-state index in [4.69, 9.17) is 11.8 Å². The first-order valence-corrected chi connectivity index (χ1v) is 13.9. The van der Waals surface area contributed by atoms with Gasteiger partial charge < -0.3 is 0 Å². The maximum atomic E-state index is 6.66. The smallest absolute Gasteiger partial charge is 0.0872 e. The van der Waals surface area contributed by atoms with Crippen LogP contribution in [0.3, 0.4) is 0 Å². The molecule has 0 spiro atoms. The Morgan fingerprint density at radius 3 is 1.21 bits per heavy atom. The van der Waals surface area contributed by atoms with Gasteiger partial charge in [-0.3, -0.25) is 0 Å². The van der Waals surface area contributed by atoms with E-state index >= 15 is 0 Å². The van der Waals surface area contributed by atoms with Crippen molar-refractivity contribution in [3.05, 3.63) is 121 Å². The Labute approximate surface area is 180 Å². The highest BCUT2D eigenvalue weighted by molar-refractivity contribution is 8.28. The molecule has 0 fully saturated rings. The first-order chi connectivity index (χ1) is 14.1. The maximum absolute atomic E-state index is 6.66. The van der Waals surface area contributed by atoms with Gasteiger partial charge in [0.2, 0.25) is 0 Å². The van der Waals surface area contributed by atoms with E-state index in [9.17, 15) is 0 Å². The molecule has 0 heterocycles. The average Bonchev–Trinajstić information content (AvgIpc) is 2.81. The molecule has 4 aromatic carbocycles. The predicted octanol–water partition coefficient (Wildman–Crippen LogP) is 4.02. The van der Waals surface area contributed by atoms with Crippen LogP contribution in [0.15, 0.2) is 121 Å². The second-order valence-corrected chi connectivity index (χ2v) is 14.1. The van der Waals surface area contributed by atoms with Crippen molar-refractivity contribution in [1.29, 1.82) is 0 Å². The zero-order valence-corrected chi connectivity index (χ0v) is 18.2. The molecular weight excluding hydrogens is 405 g/mol. The molecule has 0 aliphatic rings. The molecule has 0 nitrogen and oxygen atoms in total. The highest BCUT2D eigenvalue weighted by Crippen LogP contribution is 2.63. The second-order valence-electron chi connectivity index (χ2n) is 6.65. The molecule has 0 radical (unpaired) electrons. The first-order valence-electron chi connectivity index (χ1n) is 9.35. The lowest BCUT2D eigenvalue weighted by atomic mass is 10.4. The topological polar surface area (TPSA) is 0 Å². The molecule has 0 bridgehead atoms. The summed E-state index contributed by atoms with van der Waals surface area (Å²) in [5.41, 5.74) is 0. The lowest BCUT2D eigenvalue weighted by molar-refractivity contribution is 1.72. The zero-order chi connectivity index (χ0) is 20.2. The van der Waals surface area contributed by atoms with Crippen LogP contribution in [0.4, 0.5) is 0 Å². The van der Waals surface area contributed by atoms with E-state index in [1.807, 2.05) is 0 Å². The number of benzene rings is 4. The van der Waals surface area contributed by atoms with Gasteiger partial charge >= 0.3 is 0 Å². The summed E-state index contributed by atoms with van der Waals surface area (Å²) in [6.45, 7) is 0. The molecule has 0 N–H and O–H groups in total. The van der Waals surface area contributed by atoms with Crippen molar-refractivity contribution in [2.75, 3.05) is 5.90 Å². The van der Waals surface area contributed by atoms with E-state index in [0.29, 0.717) is 0 Å². The average molecular weight is 430 g/mol. The van der Waals surface area contributed by atoms with Gasteiger partial charge in [-0.05, 0) is 34.9 Å². The van der Waals surface area contributed by atoms with Crippen LogP contribution in [-0.4, -0.2) is 13.5 Å². The van der Waals surface area contributed by atoms with Crippen LogP contribution < -0.4 is 21.2 Å². The number of hydrogen-bond donors (Lipinski definition) is 0. The second kappa shape index (κ2) is 8.80. The van der Waals surface area contributed by atoms with Gasteiger partial charge in [0, 0.05) is 6.04 Å². The minimum Gasteiger partial charge on any atom is -0.0872 e. The molecule has 0 saturated carbocycles. The van der Waals surface area contributed by atoms with Crippen molar-refractivity contribution >= 4 is 53.8 Å². The normalized spacial score (nSPS) is 11.9. The Balaban J connectivity index is 1.92. The van der Waals surface area contributed by atoms with Crippen molar-refractivity contribution in [2.24, 2.45) is 0 Å². The summed E-state index contributed by atoms with van der Waals surface area (Å²) in [4.78, 5) is 0. The SMILES string of the molecule is [BH3-][P+](CP(=S)(c1ccccc1)c1ccccc1)(c1ccccc1)c1ccccc1. The van der Waals surface area contributed by atoms with Crippen LogP contribution >= 0.6 is 13.2 Å². The Bertz CT molecular complexity index is 1020. The summed E-state index contributed by atoms with van der Waals surface area (Å²) in [5, 5.41) is 5.76. The van der Waals surface area contributed by atoms with Crippen LogP contribution in [0.2, 0.25) is 0 Å². The fourth-order valence-corrected chi connectivity index (χ4v) is 12.3. The van der Waals surface area contributed by atoms with Crippen LogP contribution in [0.1, 0.15) is 0 Å². The minimum absolute atomic E-state index is 0.00751. The molecule has 4 heteroatoms. The van der Waals surface area contributed by atoms with Crippen molar-refractivity contribution in [1.82, 2.24) is 0 Å². The van der Waals surface area contributed by atoms with Crippen molar-refractivity contribution in [3.8, 4) is 0 Å². The summed E-state index contributed by atoms with van der Waals surface area (Å²) >= 11 is 6.66. The molecule has 0 aromatic heterocycles. The van der Waals surface area contributed by atoms with E-state index in [0.717, 1.165) is 5.90 Å². The number of rotatable bonds is 6. The summed E-state index contributed by atoms with van der Waals surface area (Å²) < 4.78 is 0. The highest BCUT2D eigenvalue weighted by Gasteiger charge is 2.38. The Kier molecular flexibility index (Phi) is 6.16.